The molecule has 1 aromatic carbocycles. The Kier molecular flexibility index (Phi) is 4.33. The first-order valence-electron chi connectivity index (χ1n) is 7.47. The number of aryl methyl sites for hydroxylation is 1. The number of carbonyl (C=O) groups excluding carboxylic acids is 1. The van der Waals surface area contributed by atoms with Crippen molar-refractivity contribution in [2.75, 3.05) is 24.3 Å². The van der Waals surface area contributed by atoms with Crippen LogP contribution in [0.25, 0.3) is 11.1 Å². The molecule has 3 rings (SSSR count). The molecule has 0 saturated heterocycles. The van der Waals surface area contributed by atoms with E-state index in [2.05, 4.69) is 15.4 Å². The second kappa shape index (κ2) is 6.59. The average Bonchev–Trinajstić information content (AvgIpc) is 3.19. The Bertz CT molecular complexity index is 929. The number of nitrogens with one attached hydrogen (secondary N) is 1. The quantitative estimate of drug-likeness (QED) is 0.536. The number of anilines is 2. The molecule has 0 unspecified atom stereocenters. The fourth-order valence-electron chi connectivity index (χ4n) is 2.19. The van der Waals surface area contributed by atoms with Crippen molar-refractivity contribution in [2.24, 2.45) is 0 Å². The molecule has 130 valence electrons. The summed E-state index contributed by atoms with van der Waals surface area (Å²) in [5, 5.41) is 17.2. The molecule has 0 radical (unpaired) electrons. The van der Waals surface area contributed by atoms with E-state index in [4.69, 9.17) is 4.42 Å². The smallest absolute Gasteiger partial charge is 0.306 e. The van der Waals surface area contributed by atoms with Gasteiger partial charge in [0.15, 0.2) is 5.58 Å². The normalized spacial score (nSPS) is 10.8. The van der Waals surface area contributed by atoms with E-state index in [0.29, 0.717) is 22.8 Å². The summed E-state index contributed by atoms with van der Waals surface area (Å²) in [7, 11) is 3.65. The van der Waals surface area contributed by atoms with E-state index in [-0.39, 0.29) is 24.6 Å². The van der Waals surface area contributed by atoms with Crippen molar-refractivity contribution in [1.82, 2.24) is 14.8 Å². The molecule has 0 aliphatic carbocycles. The highest BCUT2D eigenvalue weighted by molar-refractivity contribution is 5.92. The number of oxazole rings is 1. The molecular weight excluding hydrogens is 328 g/mol. The second-order valence-electron chi connectivity index (χ2n) is 5.59. The lowest BCUT2D eigenvalue weighted by Gasteiger charge is -2.05. The molecule has 2 heterocycles. The zero-order valence-electron chi connectivity index (χ0n) is 13.7. The maximum Gasteiger partial charge on any atom is 0.306 e. The van der Waals surface area contributed by atoms with Gasteiger partial charge in [0.25, 0.3) is 6.01 Å². The Balaban J connectivity index is 1.61. The fraction of sp³-hybridized carbons (Fsp3) is 0.267. The number of nitro groups is 1. The Morgan fingerprint density at radius 2 is 2.24 bits per heavy atom. The molecule has 2 aromatic heterocycles. The molecule has 10 heteroatoms. The topological polar surface area (TPSA) is 119 Å². The van der Waals surface area contributed by atoms with Crippen molar-refractivity contribution in [3.05, 3.63) is 40.7 Å². The predicted octanol–water partition coefficient (Wildman–Crippen LogP) is 2.03. The van der Waals surface area contributed by atoms with E-state index in [9.17, 15) is 14.9 Å². The Morgan fingerprint density at radius 3 is 2.92 bits per heavy atom. The fourth-order valence-corrected chi connectivity index (χ4v) is 2.19. The zero-order chi connectivity index (χ0) is 18.0. The van der Waals surface area contributed by atoms with Gasteiger partial charge in [-0.25, -0.2) is 0 Å². The number of rotatable bonds is 6. The Hall–Kier alpha value is -3.43. The highest BCUT2D eigenvalue weighted by atomic mass is 16.6. The van der Waals surface area contributed by atoms with Crippen LogP contribution < -0.4 is 10.2 Å². The number of hydrogen-bond donors (Lipinski definition) is 1. The van der Waals surface area contributed by atoms with Gasteiger partial charge in [-0.3, -0.25) is 19.6 Å². The summed E-state index contributed by atoms with van der Waals surface area (Å²) in [6.07, 6.45) is 2.58. The standard InChI is InChI=1S/C15H16N6O4/c1-19(2)15-18-12-7-10(3-4-13(12)25-15)17-14(22)5-6-20-9-11(8-16-20)21(23)24/h3-4,7-9H,5-6H2,1-2H3,(H,17,22). The maximum atomic E-state index is 12.0. The Morgan fingerprint density at radius 1 is 1.44 bits per heavy atom. The summed E-state index contributed by atoms with van der Waals surface area (Å²) in [6.45, 7) is 0.247. The molecule has 0 aliphatic heterocycles. The van der Waals surface area contributed by atoms with Gasteiger partial charge in [-0.15, -0.1) is 0 Å². The van der Waals surface area contributed by atoms with Gasteiger partial charge in [0.1, 0.15) is 17.9 Å². The van der Waals surface area contributed by atoms with Crippen LogP contribution in [0.15, 0.2) is 35.0 Å². The molecule has 10 nitrogen and oxygen atoms in total. The van der Waals surface area contributed by atoms with Crippen molar-refractivity contribution in [3.8, 4) is 0 Å². The van der Waals surface area contributed by atoms with Gasteiger partial charge in [-0.2, -0.15) is 10.1 Å². The van der Waals surface area contributed by atoms with Crippen LogP contribution in [0.1, 0.15) is 6.42 Å². The van der Waals surface area contributed by atoms with Crippen LogP contribution in [0.2, 0.25) is 0 Å². The Labute approximate surface area is 142 Å². The summed E-state index contributed by atoms with van der Waals surface area (Å²) in [5.41, 5.74) is 1.77. The average molecular weight is 344 g/mol. The summed E-state index contributed by atoms with van der Waals surface area (Å²) < 4.78 is 6.91. The van der Waals surface area contributed by atoms with E-state index in [1.165, 1.54) is 10.9 Å². The molecule has 0 spiro atoms. The minimum absolute atomic E-state index is 0.103. The SMILES string of the molecule is CN(C)c1nc2cc(NC(=O)CCn3cc([N+](=O)[O-])cn3)ccc2o1. The largest absolute Gasteiger partial charge is 0.423 e. The number of fused-ring (bicyclic) bond motifs is 1. The number of carbonyl (C=O) groups is 1. The van der Waals surface area contributed by atoms with Gasteiger partial charge < -0.3 is 14.6 Å². The lowest BCUT2D eigenvalue weighted by atomic mass is 10.2. The van der Waals surface area contributed by atoms with E-state index < -0.39 is 4.92 Å². The summed E-state index contributed by atoms with van der Waals surface area (Å²) in [5.74, 6) is -0.228. The number of nitrogens with zero attached hydrogens (tertiary/aromatic N) is 5. The number of hydrogen-bond acceptors (Lipinski definition) is 7. The third kappa shape index (κ3) is 3.74. The van der Waals surface area contributed by atoms with E-state index in [1.807, 2.05) is 14.1 Å². The summed E-state index contributed by atoms with van der Waals surface area (Å²) >= 11 is 0. The third-order valence-electron chi connectivity index (χ3n) is 3.44. The van der Waals surface area contributed by atoms with Crippen molar-refractivity contribution in [3.63, 3.8) is 0 Å². The molecule has 0 aliphatic rings. The van der Waals surface area contributed by atoms with E-state index in [1.54, 1.807) is 23.1 Å². The molecule has 0 saturated carbocycles. The van der Waals surface area contributed by atoms with Crippen LogP contribution in [0.5, 0.6) is 0 Å². The molecule has 0 atom stereocenters. The maximum absolute atomic E-state index is 12.0. The monoisotopic (exact) mass is 344 g/mol. The van der Waals surface area contributed by atoms with Gasteiger partial charge in [0.05, 0.1) is 4.92 Å². The minimum Gasteiger partial charge on any atom is -0.423 e. The lowest BCUT2D eigenvalue weighted by molar-refractivity contribution is -0.385. The van der Waals surface area contributed by atoms with Gasteiger partial charge in [0, 0.05) is 32.7 Å². The summed E-state index contributed by atoms with van der Waals surface area (Å²) in [4.78, 5) is 28.2. The zero-order valence-corrected chi connectivity index (χ0v) is 13.7. The van der Waals surface area contributed by atoms with Crippen LogP contribution >= 0.6 is 0 Å². The van der Waals surface area contributed by atoms with Gasteiger partial charge in [-0.1, -0.05) is 0 Å². The first-order valence-corrected chi connectivity index (χ1v) is 7.47. The first-order chi connectivity index (χ1) is 11.9. The molecule has 1 N–H and O–H groups in total. The summed E-state index contributed by atoms with van der Waals surface area (Å²) in [6, 6.07) is 5.67. The van der Waals surface area contributed by atoms with E-state index in [0.717, 1.165) is 6.20 Å². The number of benzene rings is 1. The van der Waals surface area contributed by atoms with E-state index >= 15 is 0 Å². The van der Waals surface area contributed by atoms with Crippen LogP contribution in [0.4, 0.5) is 17.4 Å². The van der Waals surface area contributed by atoms with Gasteiger partial charge in [-0.05, 0) is 18.2 Å². The van der Waals surface area contributed by atoms with Crippen molar-refractivity contribution < 1.29 is 14.1 Å². The highest BCUT2D eigenvalue weighted by Gasteiger charge is 2.11. The molecule has 25 heavy (non-hydrogen) atoms. The number of aromatic nitrogens is 3. The highest BCUT2D eigenvalue weighted by Crippen LogP contribution is 2.23. The molecule has 1 amide bonds. The van der Waals surface area contributed by atoms with Crippen LogP contribution in [0, 0.1) is 10.1 Å². The second-order valence-corrected chi connectivity index (χ2v) is 5.59. The van der Waals surface area contributed by atoms with Crippen LogP contribution in [-0.4, -0.2) is 39.7 Å². The third-order valence-corrected chi connectivity index (χ3v) is 3.44. The van der Waals surface area contributed by atoms with Crippen molar-refractivity contribution in [2.45, 2.75) is 13.0 Å². The molecule has 3 aromatic rings. The molecular formula is C15H16N6O4. The predicted molar refractivity (Wildman–Crippen MR) is 90.5 cm³/mol. The molecule has 0 fully saturated rings. The lowest BCUT2D eigenvalue weighted by Crippen LogP contribution is -2.14. The van der Waals surface area contributed by atoms with Crippen molar-refractivity contribution >= 4 is 34.4 Å². The number of amides is 1. The van der Waals surface area contributed by atoms with Crippen molar-refractivity contribution in [1.29, 1.82) is 0 Å². The molecule has 0 bridgehead atoms. The minimum atomic E-state index is -0.529. The van der Waals surface area contributed by atoms with Gasteiger partial charge >= 0.3 is 5.69 Å². The first kappa shape index (κ1) is 16.4. The van der Waals surface area contributed by atoms with Crippen LogP contribution in [-0.2, 0) is 11.3 Å². The van der Waals surface area contributed by atoms with Crippen LogP contribution in [0.3, 0.4) is 0 Å². The van der Waals surface area contributed by atoms with Gasteiger partial charge in [0.2, 0.25) is 5.91 Å².